The minimum Gasteiger partial charge on any atom is -0.355 e. The van der Waals surface area contributed by atoms with Crippen LogP contribution in [-0.2, 0) is 6.54 Å². The predicted molar refractivity (Wildman–Crippen MR) is 82.9 cm³/mol. The van der Waals surface area contributed by atoms with Gasteiger partial charge in [0.1, 0.15) is 5.65 Å². The highest BCUT2D eigenvalue weighted by Crippen LogP contribution is 2.28. The summed E-state index contributed by atoms with van der Waals surface area (Å²) >= 11 is 0. The molecule has 0 aromatic carbocycles. The Kier molecular flexibility index (Phi) is 3.92. The third-order valence-corrected chi connectivity index (χ3v) is 4.41. The minimum atomic E-state index is 0.537. The van der Waals surface area contributed by atoms with Crippen molar-refractivity contribution in [3.05, 3.63) is 30.1 Å². The largest absolute Gasteiger partial charge is 0.355 e. The molecule has 0 unspecified atom stereocenters. The minimum absolute atomic E-state index is 0.537. The van der Waals surface area contributed by atoms with Crippen molar-refractivity contribution < 1.29 is 0 Å². The number of pyridine rings is 1. The maximum Gasteiger partial charge on any atom is 0.152 e. The molecule has 1 saturated heterocycles. The number of nitrogens with two attached hydrogens (primary N) is 1. The fourth-order valence-corrected chi connectivity index (χ4v) is 3.32. The van der Waals surface area contributed by atoms with Gasteiger partial charge in [0.05, 0.1) is 5.69 Å². The first-order valence-electron chi connectivity index (χ1n) is 7.74. The Morgan fingerprint density at radius 1 is 1.30 bits per heavy atom. The van der Waals surface area contributed by atoms with Crippen LogP contribution in [0.25, 0.3) is 5.65 Å². The van der Waals surface area contributed by atoms with E-state index in [1.807, 2.05) is 18.2 Å². The Hall–Kier alpha value is -1.55. The molecule has 4 heteroatoms. The molecule has 0 atom stereocenters. The average molecular weight is 272 g/mol. The zero-order chi connectivity index (χ0) is 13.9. The number of piperidine rings is 1. The quantitative estimate of drug-likeness (QED) is 0.931. The maximum absolute atomic E-state index is 5.96. The van der Waals surface area contributed by atoms with E-state index in [2.05, 4.69) is 22.4 Å². The zero-order valence-corrected chi connectivity index (χ0v) is 12.3. The van der Waals surface area contributed by atoms with Gasteiger partial charge in [-0.15, -0.1) is 0 Å². The van der Waals surface area contributed by atoms with Crippen molar-refractivity contribution in [3.8, 4) is 0 Å². The van der Waals surface area contributed by atoms with Gasteiger partial charge in [-0.1, -0.05) is 25.8 Å². The molecule has 20 heavy (non-hydrogen) atoms. The molecule has 0 spiro atoms. The SMILES string of the molecule is CCCC1CCN(c2nc3ccccn3c2CN)CC1. The summed E-state index contributed by atoms with van der Waals surface area (Å²) in [5.74, 6) is 1.99. The van der Waals surface area contributed by atoms with Crippen LogP contribution in [0.1, 0.15) is 38.3 Å². The maximum atomic E-state index is 5.96. The van der Waals surface area contributed by atoms with Gasteiger partial charge >= 0.3 is 0 Å². The third kappa shape index (κ3) is 2.40. The number of nitrogens with zero attached hydrogens (tertiary/aromatic N) is 3. The lowest BCUT2D eigenvalue weighted by molar-refractivity contribution is 0.377. The normalized spacial score (nSPS) is 17.0. The number of aromatic nitrogens is 2. The van der Waals surface area contributed by atoms with Gasteiger partial charge in [0.2, 0.25) is 0 Å². The Morgan fingerprint density at radius 2 is 2.10 bits per heavy atom. The van der Waals surface area contributed by atoms with E-state index in [1.165, 1.54) is 25.7 Å². The second-order valence-electron chi connectivity index (χ2n) is 5.73. The highest BCUT2D eigenvalue weighted by atomic mass is 15.2. The van der Waals surface area contributed by atoms with Crippen molar-refractivity contribution in [1.82, 2.24) is 9.38 Å². The van der Waals surface area contributed by atoms with Crippen LogP contribution < -0.4 is 10.6 Å². The molecule has 2 N–H and O–H groups in total. The van der Waals surface area contributed by atoms with E-state index in [4.69, 9.17) is 10.7 Å². The fourth-order valence-electron chi connectivity index (χ4n) is 3.32. The van der Waals surface area contributed by atoms with Gasteiger partial charge in [0.25, 0.3) is 0 Å². The standard InChI is InChI=1S/C16H24N4/c1-2-5-13-7-10-19(11-8-13)16-14(12-17)20-9-4-3-6-15(20)18-16/h3-4,6,9,13H,2,5,7-8,10-12,17H2,1H3. The van der Waals surface area contributed by atoms with Crippen molar-refractivity contribution in [2.45, 2.75) is 39.2 Å². The lowest BCUT2D eigenvalue weighted by atomic mass is 9.92. The van der Waals surface area contributed by atoms with Crippen molar-refractivity contribution in [2.24, 2.45) is 11.7 Å². The fraction of sp³-hybridized carbons (Fsp3) is 0.562. The van der Waals surface area contributed by atoms with Crippen molar-refractivity contribution in [1.29, 1.82) is 0 Å². The van der Waals surface area contributed by atoms with E-state index in [1.54, 1.807) is 0 Å². The van der Waals surface area contributed by atoms with E-state index in [9.17, 15) is 0 Å². The molecule has 4 nitrogen and oxygen atoms in total. The first-order valence-corrected chi connectivity index (χ1v) is 7.74. The molecule has 0 aliphatic carbocycles. The summed E-state index contributed by atoms with van der Waals surface area (Å²) in [4.78, 5) is 7.21. The first-order chi connectivity index (χ1) is 9.83. The molecule has 108 valence electrons. The Balaban J connectivity index is 1.84. The molecule has 3 heterocycles. The smallest absolute Gasteiger partial charge is 0.152 e. The van der Waals surface area contributed by atoms with Crippen LogP contribution in [0.15, 0.2) is 24.4 Å². The molecule has 3 rings (SSSR count). The van der Waals surface area contributed by atoms with Crippen LogP contribution in [0.2, 0.25) is 0 Å². The second-order valence-corrected chi connectivity index (χ2v) is 5.73. The molecule has 0 saturated carbocycles. The molecule has 0 amide bonds. The number of rotatable bonds is 4. The molecule has 1 aliphatic rings. The average Bonchev–Trinajstić information content (AvgIpc) is 2.87. The second kappa shape index (κ2) is 5.83. The molecule has 2 aromatic heterocycles. The number of hydrogen-bond donors (Lipinski definition) is 1. The van der Waals surface area contributed by atoms with Gasteiger partial charge in [-0.05, 0) is 30.9 Å². The highest BCUT2D eigenvalue weighted by Gasteiger charge is 2.23. The summed E-state index contributed by atoms with van der Waals surface area (Å²) in [5, 5.41) is 0. The third-order valence-electron chi connectivity index (χ3n) is 4.41. The summed E-state index contributed by atoms with van der Waals surface area (Å²) < 4.78 is 2.12. The summed E-state index contributed by atoms with van der Waals surface area (Å²) in [5.41, 5.74) is 8.09. The van der Waals surface area contributed by atoms with Crippen LogP contribution >= 0.6 is 0 Å². The Bertz CT molecular complexity index is 567. The van der Waals surface area contributed by atoms with Gasteiger partial charge in [0.15, 0.2) is 5.82 Å². The Labute approximate surface area is 120 Å². The summed E-state index contributed by atoms with van der Waals surface area (Å²) in [7, 11) is 0. The van der Waals surface area contributed by atoms with Crippen LogP contribution in [-0.4, -0.2) is 22.5 Å². The van der Waals surface area contributed by atoms with E-state index in [0.29, 0.717) is 6.54 Å². The highest BCUT2D eigenvalue weighted by molar-refractivity contribution is 5.56. The van der Waals surface area contributed by atoms with Gasteiger partial charge in [-0.25, -0.2) is 4.98 Å². The number of hydrogen-bond acceptors (Lipinski definition) is 3. The molecule has 0 radical (unpaired) electrons. The monoisotopic (exact) mass is 272 g/mol. The molecular weight excluding hydrogens is 248 g/mol. The molecular formula is C16H24N4. The number of fused-ring (bicyclic) bond motifs is 1. The van der Waals surface area contributed by atoms with E-state index in [-0.39, 0.29) is 0 Å². The molecule has 2 aromatic rings. The van der Waals surface area contributed by atoms with Crippen molar-refractivity contribution >= 4 is 11.5 Å². The zero-order valence-electron chi connectivity index (χ0n) is 12.3. The van der Waals surface area contributed by atoms with Crippen LogP contribution in [0.3, 0.4) is 0 Å². The van der Waals surface area contributed by atoms with Crippen LogP contribution in [0.4, 0.5) is 5.82 Å². The molecule has 1 aliphatic heterocycles. The molecule has 1 fully saturated rings. The van der Waals surface area contributed by atoms with Crippen LogP contribution in [0.5, 0.6) is 0 Å². The van der Waals surface area contributed by atoms with Crippen LogP contribution in [0, 0.1) is 5.92 Å². The van der Waals surface area contributed by atoms with E-state index in [0.717, 1.165) is 36.2 Å². The number of imidazole rings is 1. The lowest BCUT2D eigenvalue weighted by Gasteiger charge is -2.32. The van der Waals surface area contributed by atoms with Crippen molar-refractivity contribution in [2.75, 3.05) is 18.0 Å². The van der Waals surface area contributed by atoms with E-state index < -0.39 is 0 Å². The van der Waals surface area contributed by atoms with Gasteiger partial charge < -0.3 is 15.0 Å². The summed E-state index contributed by atoms with van der Waals surface area (Å²) in [6.45, 7) is 5.04. The van der Waals surface area contributed by atoms with Gasteiger partial charge in [-0.3, -0.25) is 0 Å². The molecule has 0 bridgehead atoms. The first kappa shape index (κ1) is 13.4. The number of anilines is 1. The van der Waals surface area contributed by atoms with Gasteiger partial charge in [0, 0.05) is 25.8 Å². The Morgan fingerprint density at radius 3 is 2.80 bits per heavy atom. The van der Waals surface area contributed by atoms with Crippen molar-refractivity contribution in [3.63, 3.8) is 0 Å². The summed E-state index contributed by atoms with van der Waals surface area (Å²) in [6, 6.07) is 6.11. The predicted octanol–water partition coefficient (Wildman–Crippen LogP) is 2.81. The van der Waals surface area contributed by atoms with Gasteiger partial charge in [-0.2, -0.15) is 0 Å². The van der Waals surface area contributed by atoms with E-state index >= 15 is 0 Å². The summed E-state index contributed by atoms with van der Waals surface area (Å²) in [6.07, 6.45) is 7.28. The lowest BCUT2D eigenvalue weighted by Crippen LogP contribution is -2.34. The topological polar surface area (TPSA) is 46.6 Å².